The van der Waals surface area contributed by atoms with Gasteiger partial charge in [-0.1, -0.05) is 30.7 Å². The van der Waals surface area contributed by atoms with Crippen molar-refractivity contribution in [2.75, 3.05) is 0 Å². The topological polar surface area (TPSA) is 12.0 Å². The van der Waals surface area contributed by atoms with Crippen molar-refractivity contribution in [3.05, 3.63) is 34.7 Å². The molecule has 1 nitrogen and oxygen atoms in total. The standard InChI is InChI=1S/C13H15N.ClH/c1-2-6-11-10(5-1)9-14-13-8-4-3-7-12(11)13;/h1-2,5-6,9,13-14H,3-4,7-8H2;1H. The molecule has 0 radical (unpaired) electrons. The van der Waals surface area contributed by atoms with Crippen LogP contribution < -0.4 is 15.8 Å². The summed E-state index contributed by atoms with van der Waals surface area (Å²) in [5.74, 6) is 0. The summed E-state index contributed by atoms with van der Waals surface area (Å²) in [4.78, 5) is 0. The van der Waals surface area contributed by atoms with Gasteiger partial charge in [0, 0.05) is 12.2 Å². The molecule has 1 aromatic rings. The predicted molar refractivity (Wildman–Crippen MR) is 66.2 cm³/mol. The van der Waals surface area contributed by atoms with E-state index in [-0.39, 0.29) is 12.4 Å². The summed E-state index contributed by atoms with van der Waals surface area (Å²) in [6.07, 6.45) is 7.50. The molecular weight excluding hydrogens is 206 g/mol. The largest absolute Gasteiger partial charge is 0.384 e. The molecule has 1 aliphatic heterocycles. The summed E-state index contributed by atoms with van der Waals surface area (Å²) in [6.45, 7) is 0. The minimum absolute atomic E-state index is 0. The van der Waals surface area contributed by atoms with Crippen LogP contribution in [0.25, 0.3) is 11.8 Å². The Bertz CT molecular complexity index is 464. The second kappa shape index (κ2) is 4.28. The first-order valence-electron chi connectivity index (χ1n) is 5.49. The van der Waals surface area contributed by atoms with Gasteiger partial charge in [-0.15, -0.1) is 12.4 Å². The van der Waals surface area contributed by atoms with E-state index in [2.05, 4.69) is 35.8 Å². The Morgan fingerprint density at radius 1 is 1.13 bits per heavy atom. The van der Waals surface area contributed by atoms with Gasteiger partial charge < -0.3 is 5.32 Å². The van der Waals surface area contributed by atoms with E-state index < -0.39 is 0 Å². The molecule has 0 saturated heterocycles. The van der Waals surface area contributed by atoms with E-state index in [1.54, 1.807) is 5.57 Å². The highest BCUT2D eigenvalue weighted by Crippen LogP contribution is 2.24. The van der Waals surface area contributed by atoms with Crippen LogP contribution in [0.1, 0.15) is 25.7 Å². The smallest absolute Gasteiger partial charge is 0.0477 e. The first kappa shape index (κ1) is 10.6. The Morgan fingerprint density at radius 2 is 2.00 bits per heavy atom. The molecule has 1 unspecified atom stereocenters. The van der Waals surface area contributed by atoms with Crippen molar-refractivity contribution in [3.63, 3.8) is 0 Å². The summed E-state index contributed by atoms with van der Waals surface area (Å²) in [6, 6.07) is 9.34. The normalized spacial score (nSPS) is 22.7. The maximum absolute atomic E-state index is 3.52. The lowest BCUT2D eigenvalue weighted by atomic mass is 9.87. The Balaban J connectivity index is 0.000000853. The van der Waals surface area contributed by atoms with Crippen molar-refractivity contribution >= 4 is 24.2 Å². The van der Waals surface area contributed by atoms with Crippen LogP contribution in [-0.2, 0) is 0 Å². The molecule has 1 aliphatic carbocycles. The maximum atomic E-state index is 3.52. The minimum atomic E-state index is 0. The fourth-order valence-electron chi connectivity index (χ4n) is 2.62. The van der Waals surface area contributed by atoms with E-state index >= 15 is 0 Å². The molecule has 1 N–H and O–H groups in total. The summed E-state index contributed by atoms with van der Waals surface area (Å²) >= 11 is 0. The van der Waals surface area contributed by atoms with Crippen molar-refractivity contribution in [2.24, 2.45) is 0 Å². The predicted octanol–water partition coefficient (Wildman–Crippen LogP) is 1.54. The number of rotatable bonds is 0. The molecule has 3 rings (SSSR count). The molecule has 1 atom stereocenters. The molecule has 1 heterocycles. The molecule has 2 aliphatic rings. The molecule has 1 fully saturated rings. The van der Waals surface area contributed by atoms with Gasteiger partial charge >= 0.3 is 0 Å². The summed E-state index contributed by atoms with van der Waals surface area (Å²) in [5.41, 5.74) is 1.63. The van der Waals surface area contributed by atoms with E-state index in [1.165, 1.54) is 36.1 Å². The number of nitrogens with one attached hydrogen (secondary N) is 1. The van der Waals surface area contributed by atoms with E-state index in [9.17, 15) is 0 Å². The Hall–Kier alpha value is -0.950. The van der Waals surface area contributed by atoms with Gasteiger partial charge in [-0.3, -0.25) is 0 Å². The second-order valence-corrected chi connectivity index (χ2v) is 4.22. The molecule has 15 heavy (non-hydrogen) atoms. The lowest BCUT2D eigenvalue weighted by molar-refractivity contribution is 0.544. The van der Waals surface area contributed by atoms with Gasteiger partial charge in [0.05, 0.1) is 0 Å². The third-order valence-electron chi connectivity index (χ3n) is 3.36. The molecular formula is C13H16ClN. The van der Waals surface area contributed by atoms with Crippen LogP contribution in [0.15, 0.2) is 24.3 Å². The van der Waals surface area contributed by atoms with Crippen LogP contribution in [0.4, 0.5) is 0 Å². The first-order valence-corrected chi connectivity index (χ1v) is 5.49. The highest BCUT2D eigenvalue weighted by molar-refractivity contribution is 5.85. The van der Waals surface area contributed by atoms with Gasteiger partial charge in [0.25, 0.3) is 0 Å². The number of hydrogen-bond acceptors (Lipinski definition) is 1. The minimum Gasteiger partial charge on any atom is -0.384 e. The van der Waals surface area contributed by atoms with Crippen LogP contribution >= 0.6 is 12.4 Å². The molecule has 1 aromatic carbocycles. The average Bonchev–Trinajstić information content (AvgIpc) is 2.29. The Labute approximate surface area is 96.3 Å². The van der Waals surface area contributed by atoms with Crippen LogP contribution in [0.5, 0.6) is 0 Å². The molecule has 0 amide bonds. The number of fused-ring (bicyclic) bond motifs is 2. The van der Waals surface area contributed by atoms with Crippen LogP contribution in [0, 0.1) is 0 Å². The molecule has 0 aromatic heterocycles. The van der Waals surface area contributed by atoms with E-state index in [4.69, 9.17) is 0 Å². The van der Waals surface area contributed by atoms with Crippen molar-refractivity contribution in [1.82, 2.24) is 5.32 Å². The second-order valence-electron chi connectivity index (χ2n) is 4.22. The van der Waals surface area contributed by atoms with Crippen LogP contribution in [0.3, 0.4) is 0 Å². The van der Waals surface area contributed by atoms with E-state index in [0.717, 1.165) is 0 Å². The SMILES string of the molecule is C1=c2ccccc2=C2CCCCC2N1.Cl. The Morgan fingerprint density at radius 3 is 2.93 bits per heavy atom. The van der Waals surface area contributed by atoms with Gasteiger partial charge in [0.15, 0.2) is 0 Å². The average molecular weight is 222 g/mol. The van der Waals surface area contributed by atoms with Crippen molar-refractivity contribution in [3.8, 4) is 0 Å². The first-order chi connectivity index (χ1) is 6.95. The summed E-state index contributed by atoms with van der Waals surface area (Å²) in [5, 5.41) is 6.36. The van der Waals surface area contributed by atoms with Gasteiger partial charge in [-0.05, 0) is 35.3 Å². The van der Waals surface area contributed by atoms with E-state index in [1.807, 2.05) is 0 Å². The zero-order valence-corrected chi connectivity index (χ0v) is 9.52. The summed E-state index contributed by atoms with van der Waals surface area (Å²) < 4.78 is 0. The van der Waals surface area contributed by atoms with Crippen molar-refractivity contribution < 1.29 is 0 Å². The van der Waals surface area contributed by atoms with Crippen molar-refractivity contribution in [1.29, 1.82) is 0 Å². The third kappa shape index (κ3) is 1.76. The molecule has 80 valence electrons. The van der Waals surface area contributed by atoms with Gasteiger partial charge in [-0.25, -0.2) is 0 Å². The lowest BCUT2D eigenvalue weighted by Gasteiger charge is -2.28. The zero-order chi connectivity index (χ0) is 9.38. The molecule has 2 heteroatoms. The molecule has 0 spiro atoms. The number of hydrogen-bond donors (Lipinski definition) is 1. The van der Waals surface area contributed by atoms with Crippen molar-refractivity contribution in [2.45, 2.75) is 31.7 Å². The van der Waals surface area contributed by atoms with Gasteiger partial charge in [0.1, 0.15) is 0 Å². The zero-order valence-electron chi connectivity index (χ0n) is 8.70. The third-order valence-corrected chi connectivity index (χ3v) is 3.36. The fourth-order valence-corrected chi connectivity index (χ4v) is 2.62. The summed E-state index contributed by atoms with van der Waals surface area (Å²) in [7, 11) is 0. The Kier molecular flexibility index (Phi) is 3.01. The maximum Gasteiger partial charge on any atom is 0.0477 e. The lowest BCUT2D eigenvalue weighted by Crippen LogP contribution is -2.43. The van der Waals surface area contributed by atoms with Crippen LogP contribution in [-0.4, -0.2) is 6.04 Å². The van der Waals surface area contributed by atoms with Gasteiger partial charge in [0.2, 0.25) is 0 Å². The highest BCUT2D eigenvalue weighted by Gasteiger charge is 2.19. The monoisotopic (exact) mass is 221 g/mol. The molecule has 1 saturated carbocycles. The van der Waals surface area contributed by atoms with Gasteiger partial charge in [-0.2, -0.15) is 0 Å². The molecule has 0 bridgehead atoms. The van der Waals surface area contributed by atoms with Crippen LogP contribution in [0.2, 0.25) is 0 Å². The van der Waals surface area contributed by atoms with E-state index in [0.29, 0.717) is 6.04 Å². The fraction of sp³-hybridized carbons (Fsp3) is 0.385. The highest BCUT2D eigenvalue weighted by atomic mass is 35.5. The quantitative estimate of drug-likeness (QED) is 0.701. The number of benzene rings is 1. The number of halogens is 1.